The number of aliphatic hydroxyl groups excluding tert-OH is 1. The lowest BCUT2D eigenvalue weighted by Gasteiger charge is -2.21. The molecule has 64 valence electrons. The van der Waals surface area contributed by atoms with Gasteiger partial charge >= 0.3 is 5.97 Å². The molecular weight excluding hydrogens is 148 g/mol. The second kappa shape index (κ2) is 4.31. The molecule has 0 aromatic heterocycles. The Kier molecular flexibility index (Phi) is 3.32. The molecule has 0 aliphatic carbocycles. The molecule has 0 bridgehead atoms. The van der Waals surface area contributed by atoms with Gasteiger partial charge in [0, 0.05) is 12.8 Å². The number of hydrogen-bond acceptors (Lipinski definition) is 4. The van der Waals surface area contributed by atoms with Crippen LogP contribution in [0.15, 0.2) is 0 Å². The Labute approximate surface area is 65.1 Å². The van der Waals surface area contributed by atoms with Gasteiger partial charge < -0.3 is 14.6 Å². The zero-order valence-electron chi connectivity index (χ0n) is 6.28. The zero-order chi connectivity index (χ0) is 8.10. The summed E-state index contributed by atoms with van der Waals surface area (Å²) in [5.74, 6) is -0.545. The molecule has 0 aromatic carbocycles. The van der Waals surface area contributed by atoms with Gasteiger partial charge in [0.15, 0.2) is 0 Å². The standard InChI is InChI=1S/C7H12O4/c8-5-7(9)11-6-1-3-10-4-2-6/h6,8H,1-5H2. The third-order valence-corrected chi connectivity index (χ3v) is 1.60. The molecule has 0 unspecified atom stereocenters. The predicted molar refractivity (Wildman–Crippen MR) is 37.0 cm³/mol. The Bertz CT molecular complexity index is 128. The Balaban J connectivity index is 2.19. The van der Waals surface area contributed by atoms with Crippen molar-refractivity contribution in [3.8, 4) is 0 Å². The van der Waals surface area contributed by atoms with Crippen LogP contribution in [0, 0.1) is 0 Å². The Hall–Kier alpha value is -0.610. The van der Waals surface area contributed by atoms with Gasteiger partial charge in [-0.05, 0) is 0 Å². The number of ether oxygens (including phenoxy) is 2. The molecule has 0 radical (unpaired) electrons. The minimum absolute atomic E-state index is 0.0524. The largest absolute Gasteiger partial charge is 0.460 e. The molecule has 1 saturated heterocycles. The molecule has 0 aromatic rings. The van der Waals surface area contributed by atoms with Crippen LogP contribution >= 0.6 is 0 Å². The van der Waals surface area contributed by atoms with Crippen molar-refractivity contribution in [2.45, 2.75) is 18.9 Å². The summed E-state index contributed by atoms with van der Waals surface area (Å²) in [5.41, 5.74) is 0. The fourth-order valence-corrected chi connectivity index (χ4v) is 1.02. The summed E-state index contributed by atoms with van der Waals surface area (Å²) in [7, 11) is 0. The van der Waals surface area contributed by atoms with Gasteiger partial charge in [-0.1, -0.05) is 0 Å². The number of hydrogen-bond donors (Lipinski definition) is 1. The summed E-state index contributed by atoms with van der Waals surface area (Å²) in [6, 6.07) is 0. The van der Waals surface area contributed by atoms with Gasteiger partial charge in [0.2, 0.25) is 0 Å². The van der Waals surface area contributed by atoms with Crippen LogP contribution in [0.5, 0.6) is 0 Å². The fourth-order valence-electron chi connectivity index (χ4n) is 1.02. The molecule has 11 heavy (non-hydrogen) atoms. The van der Waals surface area contributed by atoms with E-state index in [0.29, 0.717) is 13.2 Å². The molecule has 0 saturated carbocycles. The van der Waals surface area contributed by atoms with E-state index < -0.39 is 12.6 Å². The Morgan fingerprint density at radius 1 is 1.55 bits per heavy atom. The molecule has 1 aliphatic rings. The number of esters is 1. The van der Waals surface area contributed by atoms with Crippen LogP contribution in [-0.2, 0) is 14.3 Å². The van der Waals surface area contributed by atoms with Gasteiger partial charge in [0.05, 0.1) is 13.2 Å². The van der Waals surface area contributed by atoms with Gasteiger partial charge in [-0.15, -0.1) is 0 Å². The van der Waals surface area contributed by atoms with E-state index in [0.717, 1.165) is 12.8 Å². The molecule has 1 rings (SSSR count). The minimum atomic E-state index is -0.545. The van der Waals surface area contributed by atoms with Crippen LogP contribution < -0.4 is 0 Å². The summed E-state index contributed by atoms with van der Waals surface area (Å²) >= 11 is 0. The molecular formula is C7H12O4. The lowest BCUT2D eigenvalue weighted by Crippen LogP contribution is -2.27. The van der Waals surface area contributed by atoms with E-state index in [1.165, 1.54) is 0 Å². The molecule has 4 nitrogen and oxygen atoms in total. The lowest BCUT2D eigenvalue weighted by atomic mass is 10.2. The van der Waals surface area contributed by atoms with Gasteiger partial charge in [-0.2, -0.15) is 0 Å². The van der Waals surface area contributed by atoms with E-state index in [9.17, 15) is 4.79 Å². The highest BCUT2D eigenvalue weighted by Crippen LogP contribution is 2.10. The maximum absolute atomic E-state index is 10.6. The van der Waals surface area contributed by atoms with E-state index in [4.69, 9.17) is 14.6 Å². The Morgan fingerprint density at radius 2 is 2.18 bits per heavy atom. The van der Waals surface area contributed by atoms with Crippen molar-refractivity contribution in [3.05, 3.63) is 0 Å². The summed E-state index contributed by atoms with van der Waals surface area (Å²) < 4.78 is 9.93. The monoisotopic (exact) mass is 160 g/mol. The smallest absolute Gasteiger partial charge is 0.332 e. The third-order valence-electron chi connectivity index (χ3n) is 1.60. The molecule has 4 heteroatoms. The van der Waals surface area contributed by atoms with E-state index >= 15 is 0 Å². The van der Waals surface area contributed by atoms with Crippen molar-refractivity contribution in [3.63, 3.8) is 0 Å². The van der Waals surface area contributed by atoms with Crippen LogP contribution in [0.2, 0.25) is 0 Å². The van der Waals surface area contributed by atoms with Crippen molar-refractivity contribution < 1.29 is 19.4 Å². The summed E-state index contributed by atoms with van der Waals surface area (Å²) in [4.78, 5) is 10.6. The van der Waals surface area contributed by atoms with Gasteiger partial charge in [0.25, 0.3) is 0 Å². The first-order chi connectivity index (χ1) is 5.33. The molecule has 1 heterocycles. The Morgan fingerprint density at radius 3 is 2.73 bits per heavy atom. The van der Waals surface area contributed by atoms with Crippen molar-refractivity contribution in [1.29, 1.82) is 0 Å². The van der Waals surface area contributed by atoms with E-state index in [1.54, 1.807) is 0 Å². The molecule has 0 spiro atoms. The fraction of sp³-hybridized carbons (Fsp3) is 0.857. The maximum Gasteiger partial charge on any atom is 0.332 e. The average Bonchev–Trinajstić information content (AvgIpc) is 2.06. The van der Waals surface area contributed by atoms with Crippen LogP contribution in [0.25, 0.3) is 0 Å². The van der Waals surface area contributed by atoms with Gasteiger partial charge in [0.1, 0.15) is 12.7 Å². The third kappa shape index (κ3) is 2.86. The highest BCUT2D eigenvalue weighted by molar-refractivity contribution is 5.70. The van der Waals surface area contributed by atoms with Crippen LogP contribution in [0.3, 0.4) is 0 Å². The molecule has 1 fully saturated rings. The van der Waals surface area contributed by atoms with Crippen LogP contribution in [-0.4, -0.2) is 37.0 Å². The average molecular weight is 160 g/mol. The van der Waals surface area contributed by atoms with Crippen molar-refractivity contribution in [2.75, 3.05) is 19.8 Å². The quantitative estimate of drug-likeness (QED) is 0.563. The van der Waals surface area contributed by atoms with Crippen LogP contribution in [0.1, 0.15) is 12.8 Å². The molecule has 0 amide bonds. The summed E-state index contributed by atoms with van der Waals surface area (Å²) in [5, 5.41) is 8.36. The highest BCUT2D eigenvalue weighted by atomic mass is 16.6. The topological polar surface area (TPSA) is 55.8 Å². The van der Waals surface area contributed by atoms with E-state index in [1.807, 2.05) is 0 Å². The number of carbonyl (C=O) groups excluding carboxylic acids is 1. The minimum Gasteiger partial charge on any atom is -0.460 e. The van der Waals surface area contributed by atoms with Crippen molar-refractivity contribution >= 4 is 5.97 Å². The van der Waals surface area contributed by atoms with Crippen molar-refractivity contribution in [2.24, 2.45) is 0 Å². The number of rotatable bonds is 2. The first-order valence-corrected chi connectivity index (χ1v) is 3.71. The van der Waals surface area contributed by atoms with E-state index in [-0.39, 0.29) is 6.10 Å². The normalized spacial score (nSPS) is 19.7. The van der Waals surface area contributed by atoms with E-state index in [2.05, 4.69) is 0 Å². The summed E-state index contributed by atoms with van der Waals surface area (Å²) in [6.07, 6.45) is 1.43. The predicted octanol–water partition coefficient (Wildman–Crippen LogP) is -0.299. The number of carbonyl (C=O) groups is 1. The second-order valence-electron chi connectivity index (χ2n) is 2.46. The van der Waals surface area contributed by atoms with Crippen LogP contribution in [0.4, 0.5) is 0 Å². The van der Waals surface area contributed by atoms with Crippen molar-refractivity contribution in [1.82, 2.24) is 0 Å². The second-order valence-corrected chi connectivity index (χ2v) is 2.46. The lowest BCUT2D eigenvalue weighted by molar-refractivity contribution is -0.156. The first kappa shape index (κ1) is 8.49. The van der Waals surface area contributed by atoms with Gasteiger partial charge in [-0.3, -0.25) is 0 Å². The zero-order valence-corrected chi connectivity index (χ0v) is 6.28. The molecule has 1 N–H and O–H groups in total. The maximum atomic E-state index is 10.6. The molecule has 0 atom stereocenters. The summed E-state index contributed by atoms with van der Waals surface area (Å²) in [6.45, 7) is 0.754. The van der Waals surface area contributed by atoms with Gasteiger partial charge in [-0.25, -0.2) is 4.79 Å². The first-order valence-electron chi connectivity index (χ1n) is 3.71. The highest BCUT2D eigenvalue weighted by Gasteiger charge is 2.16. The number of aliphatic hydroxyl groups is 1. The SMILES string of the molecule is O=C(CO)OC1CCOCC1. The molecule has 1 aliphatic heterocycles.